The van der Waals surface area contributed by atoms with Gasteiger partial charge in [-0.1, -0.05) is 19.9 Å². The highest BCUT2D eigenvalue weighted by atomic mass is 16.6. The Bertz CT molecular complexity index is 313. The predicted octanol–water partition coefficient (Wildman–Crippen LogP) is 2.22. The summed E-state index contributed by atoms with van der Waals surface area (Å²) in [6.45, 7) is 9.02. The van der Waals surface area contributed by atoms with Crippen molar-refractivity contribution in [3.8, 4) is 0 Å². The van der Waals surface area contributed by atoms with Crippen LogP contribution in [0, 0.1) is 5.92 Å². The van der Waals surface area contributed by atoms with E-state index in [2.05, 4.69) is 10.1 Å². The molecule has 17 heavy (non-hydrogen) atoms. The molecule has 0 bridgehead atoms. The zero-order valence-electron chi connectivity index (χ0n) is 11.3. The lowest BCUT2D eigenvalue weighted by molar-refractivity contribution is -0.136. The van der Waals surface area contributed by atoms with Gasteiger partial charge in [-0.2, -0.15) is 0 Å². The number of hydrogen-bond donors (Lipinski definition) is 1. The average Bonchev–Trinajstić information content (AvgIpc) is 2.11. The smallest absolute Gasteiger partial charge is 0.412 e. The molecule has 0 saturated heterocycles. The van der Waals surface area contributed by atoms with E-state index in [9.17, 15) is 9.59 Å². The number of carbonyl (C=O) groups is 2. The van der Waals surface area contributed by atoms with Crippen molar-refractivity contribution in [2.24, 2.45) is 5.92 Å². The van der Waals surface area contributed by atoms with E-state index in [0.717, 1.165) is 0 Å². The Kier molecular flexibility index (Phi) is 5.71. The van der Waals surface area contributed by atoms with Crippen LogP contribution in [0.3, 0.4) is 0 Å². The number of rotatable bonds is 3. The van der Waals surface area contributed by atoms with Gasteiger partial charge in [-0.25, -0.2) is 9.59 Å². The maximum Gasteiger partial charge on any atom is 0.412 e. The van der Waals surface area contributed by atoms with Crippen molar-refractivity contribution >= 4 is 12.1 Å². The highest BCUT2D eigenvalue weighted by Gasteiger charge is 2.19. The van der Waals surface area contributed by atoms with Crippen LogP contribution in [0.5, 0.6) is 0 Å². The molecule has 0 spiro atoms. The third-order valence-electron chi connectivity index (χ3n) is 1.54. The van der Waals surface area contributed by atoms with Gasteiger partial charge in [-0.05, 0) is 26.7 Å². The van der Waals surface area contributed by atoms with E-state index in [1.165, 1.54) is 7.11 Å². The minimum atomic E-state index is -0.671. The molecular formula is C12H21NO4. The van der Waals surface area contributed by atoms with E-state index in [-0.39, 0.29) is 11.6 Å². The van der Waals surface area contributed by atoms with Crippen LogP contribution in [0.4, 0.5) is 4.79 Å². The molecule has 0 fully saturated rings. The third kappa shape index (κ3) is 7.38. The lowest BCUT2D eigenvalue weighted by Crippen LogP contribution is -2.34. The minimum Gasteiger partial charge on any atom is -0.464 e. The van der Waals surface area contributed by atoms with Gasteiger partial charge >= 0.3 is 12.1 Å². The van der Waals surface area contributed by atoms with Crippen LogP contribution in [0.1, 0.15) is 34.6 Å². The van der Waals surface area contributed by atoms with E-state index in [1.54, 1.807) is 26.8 Å². The molecule has 0 aromatic rings. The number of alkyl carbamates (subject to hydrolysis) is 1. The van der Waals surface area contributed by atoms with Crippen LogP contribution in [0.2, 0.25) is 0 Å². The second-order valence-corrected chi connectivity index (χ2v) is 4.94. The lowest BCUT2D eigenvalue weighted by atomic mass is 10.2. The largest absolute Gasteiger partial charge is 0.464 e. The Morgan fingerprint density at radius 3 is 2.12 bits per heavy atom. The van der Waals surface area contributed by atoms with E-state index in [1.807, 2.05) is 13.8 Å². The molecule has 1 amide bonds. The first-order valence-corrected chi connectivity index (χ1v) is 5.46. The maximum atomic E-state index is 11.5. The van der Waals surface area contributed by atoms with E-state index in [0.29, 0.717) is 0 Å². The number of methoxy groups -OCH3 is 1. The summed E-state index contributed by atoms with van der Waals surface area (Å²) in [7, 11) is 1.26. The zero-order valence-corrected chi connectivity index (χ0v) is 11.3. The van der Waals surface area contributed by atoms with Crippen molar-refractivity contribution in [2.45, 2.75) is 40.2 Å². The van der Waals surface area contributed by atoms with E-state index in [4.69, 9.17) is 4.74 Å². The monoisotopic (exact) mass is 243 g/mol. The molecule has 0 aliphatic rings. The fraction of sp³-hybridized carbons (Fsp3) is 0.667. The van der Waals surface area contributed by atoms with Gasteiger partial charge < -0.3 is 9.47 Å². The highest BCUT2D eigenvalue weighted by Crippen LogP contribution is 2.08. The quantitative estimate of drug-likeness (QED) is 0.609. The van der Waals surface area contributed by atoms with Gasteiger partial charge in [-0.3, -0.25) is 5.32 Å². The number of nitrogens with one attached hydrogen (secondary N) is 1. The van der Waals surface area contributed by atoms with Gasteiger partial charge in [0.1, 0.15) is 11.3 Å². The van der Waals surface area contributed by atoms with Crippen molar-refractivity contribution in [3.05, 3.63) is 11.8 Å². The third-order valence-corrected chi connectivity index (χ3v) is 1.54. The van der Waals surface area contributed by atoms with Crippen molar-refractivity contribution in [2.75, 3.05) is 7.11 Å². The molecule has 5 heteroatoms. The molecular weight excluding hydrogens is 222 g/mol. The first-order chi connectivity index (χ1) is 7.65. The van der Waals surface area contributed by atoms with Gasteiger partial charge in [0.25, 0.3) is 0 Å². The molecule has 0 radical (unpaired) electrons. The van der Waals surface area contributed by atoms with Crippen molar-refractivity contribution in [1.82, 2.24) is 5.32 Å². The summed E-state index contributed by atoms with van der Waals surface area (Å²) in [5.41, 5.74) is -0.514. The molecule has 0 atom stereocenters. The second kappa shape index (κ2) is 6.27. The molecule has 0 heterocycles. The molecule has 98 valence electrons. The number of hydrogen-bond acceptors (Lipinski definition) is 4. The summed E-state index contributed by atoms with van der Waals surface area (Å²) in [6.07, 6.45) is 0.935. The first kappa shape index (κ1) is 15.5. The standard InChI is InChI=1S/C12H21NO4/c1-8(2)7-9(10(14)16-6)13-11(15)17-12(3,4)5/h7-8H,1-6H3,(H,13,15)/b9-7-. The summed E-state index contributed by atoms with van der Waals surface area (Å²) in [5.74, 6) is -0.483. The molecule has 0 rings (SSSR count). The van der Waals surface area contributed by atoms with Gasteiger partial charge in [0, 0.05) is 0 Å². The van der Waals surface area contributed by atoms with Crippen LogP contribution in [-0.2, 0) is 14.3 Å². The molecule has 0 aromatic heterocycles. The van der Waals surface area contributed by atoms with Crippen LogP contribution >= 0.6 is 0 Å². The predicted molar refractivity (Wildman–Crippen MR) is 64.3 cm³/mol. The van der Waals surface area contributed by atoms with Crippen molar-refractivity contribution in [1.29, 1.82) is 0 Å². The Balaban J connectivity index is 4.67. The Morgan fingerprint density at radius 1 is 1.24 bits per heavy atom. The van der Waals surface area contributed by atoms with E-state index >= 15 is 0 Å². The van der Waals surface area contributed by atoms with Gasteiger partial charge in [0.2, 0.25) is 0 Å². The first-order valence-electron chi connectivity index (χ1n) is 5.46. The Morgan fingerprint density at radius 2 is 1.76 bits per heavy atom. The molecule has 0 unspecified atom stereocenters. The fourth-order valence-corrected chi connectivity index (χ4v) is 1.02. The lowest BCUT2D eigenvalue weighted by Gasteiger charge is -2.20. The number of allylic oxidation sites excluding steroid dienone is 1. The molecule has 0 aliphatic carbocycles. The van der Waals surface area contributed by atoms with Gasteiger partial charge in [0.05, 0.1) is 7.11 Å². The molecule has 0 aromatic carbocycles. The summed E-state index contributed by atoms with van der Waals surface area (Å²) < 4.78 is 9.61. The number of carbonyl (C=O) groups excluding carboxylic acids is 2. The van der Waals surface area contributed by atoms with Crippen LogP contribution in [0.25, 0.3) is 0 Å². The Labute approximate surface area is 102 Å². The number of ether oxygens (including phenoxy) is 2. The fourth-order valence-electron chi connectivity index (χ4n) is 1.02. The van der Waals surface area contributed by atoms with E-state index < -0.39 is 17.7 Å². The molecule has 1 N–H and O–H groups in total. The summed E-state index contributed by atoms with van der Waals surface area (Å²) in [6, 6.07) is 0. The van der Waals surface area contributed by atoms with Crippen LogP contribution in [-0.4, -0.2) is 24.8 Å². The second-order valence-electron chi connectivity index (χ2n) is 4.94. The van der Waals surface area contributed by atoms with Crippen molar-refractivity contribution in [3.63, 3.8) is 0 Å². The minimum absolute atomic E-state index is 0.0942. The van der Waals surface area contributed by atoms with Crippen LogP contribution in [0.15, 0.2) is 11.8 Å². The average molecular weight is 243 g/mol. The zero-order chi connectivity index (χ0) is 13.6. The van der Waals surface area contributed by atoms with Crippen LogP contribution < -0.4 is 5.32 Å². The summed E-state index contributed by atoms with van der Waals surface area (Å²) in [5, 5.41) is 2.38. The van der Waals surface area contributed by atoms with Gasteiger partial charge in [-0.15, -0.1) is 0 Å². The topological polar surface area (TPSA) is 64.6 Å². The number of amides is 1. The highest BCUT2D eigenvalue weighted by molar-refractivity contribution is 5.92. The molecule has 5 nitrogen and oxygen atoms in total. The SMILES string of the molecule is COC(=O)/C(=C/C(C)C)NC(=O)OC(C)(C)C. The summed E-state index contributed by atoms with van der Waals surface area (Å²) in [4.78, 5) is 22.9. The molecule has 0 saturated carbocycles. The maximum absolute atomic E-state index is 11.5. The molecule has 0 aliphatic heterocycles. The van der Waals surface area contributed by atoms with Crippen molar-refractivity contribution < 1.29 is 19.1 Å². The normalized spacial score (nSPS) is 12.3. The Hall–Kier alpha value is -1.52. The number of esters is 1. The van der Waals surface area contributed by atoms with Gasteiger partial charge in [0.15, 0.2) is 0 Å². The summed E-state index contributed by atoms with van der Waals surface area (Å²) >= 11 is 0.